The van der Waals surface area contributed by atoms with Gasteiger partial charge in [0.25, 0.3) is 5.91 Å². The number of benzene rings is 3. The first-order valence-corrected chi connectivity index (χ1v) is 10.2. The maximum atomic E-state index is 13.2. The van der Waals surface area contributed by atoms with Crippen LogP contribution in [0.5, 0.6) is 0 Å². The summed E-state index contributed by atoms with van der Waals surface area (Å²) >= 11 is 0. The normalized spacial score (nSPS) is 13.1. The van der Waals surface area contributed by atoms with Gasteiger partial charge in [-0.3, -0.25) is 14.7 Å². The number of hydrogen-bond acceptors (Lipinski definition) is 4. The number of amides is 1. The third kappa shape index (κ3) is 4.24. The molecular formula is C20H17F3N2O4S. The molecule has 0 radical (unpaired) electrons. The topological polar surface area (TPSA) is 95.5 Å². The van der Waals surface area contributed by atoms with E-state index >= 15 is 0 Å². The van der Waals surface area contributed by atoms with E-state index in [1.165, 1.54) is 23.7 Å². The lowest BCUT2D eigenvalue weighted by atomic mass is 9.97. The minimum atomic E-state index is -4.57. The third-order valence-electron chi connectivity index (χ3n) is 4.62. The van der Waals surface area contributed by atoms with Crippen molar-refractivity contribution in [3.8, 4) is 11.1 Å². The van der Waals surface area contributed by atoms with Crippen molar-refractivity contribution < 1.29 is 31.6 Å². The fourth-order valence-electron chi connectivity index (χ4n) is 2.95. The molecule has 30 heavy (non-hydrogen) atoms. The summed E-state index contributed by atoms with van der Waals surface area (Å²) in [6, 6.07) is 14.4. The predicted molar refractivity (Wildman–Crippen MR) is 106 cm³/mol. The first-order valence-electron chi connectivity index (χ1n) is 8.69. The molecule has 0 heterocycles. The Hall–Kier alpha value is -3.11. The number of hydroxylamine groups is 1. The molecule has 3 aromatic rings. The number of sulfonamides is 1. The molecule has 0 aliphatic carbocycles. The van der Waals surface area contributed by atoms with Crippen LogP contribution >= 0.6 is 0 Å². The summed E-state index contributed by atoms with van der Waals surface area (Å²) in [5, 5.41) is 8.17. The van der Waals surface area contributed by atoms with E-state index in [0.717, 1.165) is 19.1 Å². The van der Waals surface area contributed by atoms with E-state index in [1.54, 1.807) is 30.3 Å². The summed E-state index contributed by atoms with van der Waals surface area (Å²) in [5.74, 6) is -1.15. The quantitative estimate of drug-likeness (QED) is 0.412. The fraction of sp³-hybridized carbons (Fsp3) is 0.150. The molecule has 0 saturated heterocycles. The highest BCUT2D eigenvalue weighted by Crippen LogP contribution is 2.38. The van der Waals surface area contributed by atoms with Crippen LogP contribution in [-0.4, -0.2) is 24.8 Å². The molecule has 0 spiro atoms. The summed E-state index contributed by atoms with van der Waals surface area (Å²) in [6.07, 6.45) is -4.57. The summed E-state index contributed by atoms with van der Waals surface area (Å²) in [7, 11) is -4.33. The summed E-state index contributed by atoms with van der Waals surface area (Å²) in [6.45, 7) is 1.07. The van der Waals surface area contributed by atoms with E-state index < -0.39 is 32.9 Å². The number of alkyl halides is 3. The molecule has 0 unspecified atom stereocenters. The van der Waals surface area contributed by atoms with Gasteiger partial charge in [0, 0.05) is 10.9 Å². The summed E-state index contributed by atoms with van der Waals surface area (Å²) in [4.78, 5) is 11.6. The van der Waals surface area contributed by atoms with Gasteiger partial charge in [0.15, 0.2) is 5.25 Å². The summed E-state index contributed by atoms with van der Waals surface area (Å²) in [5.41, 5.74) is 0.788. The maximum Gasteiger partial charge on any atom is 0.416 e. The van der Waals surface area contributed by atoms with Gasteiger partial charge < -0.3 is 0 Å². The predicted octanol–water partition coefficient (Wildman–Crippen LogP) is 4.16. The van der Waals surface area contributed by atoms with Crippen LogP contribution in [0.25, 0.3) is 21.9 Å². The smallest absolute Gasteiger partial charge is 0.289 e. The van der Waals surface area contributed by atoms with E-state index in [9.17, 15) is 26.4 Å². The number of halogens is 3. The van der Waals surface area contributed by atoms with E-state index in [0.29, 0.717) is 10.8 Å². The molecule has 6 nitrogen and oxygen atoms in total. The van der Waals surface area contributed by atoms with Crippen LogP contribution < -0.4 is 10.2 Å². The van der Waals surface area contributed by atoms with Crippen molar-refractivity contribution in [2.24, 2.45) is 0 Å². The largest absolute Gasteiger partial charge is 0.416 e. The number of hydrogen-bond donors (Lipinski definition) is 3. The van der Waals surface area contributed by atoms with Crippen LogP contribution in [0.1, 0.15) is 12.5 Å². The van der Waals surface area contributed by atoms with E-state index in [4.69, 9.17) is 5.21 Å². The van der Waals surface area contributed by atoms with Crippen LogP contribution in [0.15, 0.2) is 60.7 Å². The van der Waals surface area contributed by atoms with Crippen LogP contribution in [0, 0.1) is 0 Å². The van der Waals surface area contributed by atoms with E-state index in [2.05, 4.69) is 4.72 Å². The Morgan fingerprint density at radius 3 is 2.40 bits per heavy atom. The lowest BCUT2D eigenvalue weighted by Gasteiger charge is -2.19. The SMILES string of the molecule is C[C@@H](C(=O)NO)S(=O)(=O)Nc1c(-c2cccc(C(F)(F)F)c2)ccc2ccccc12. The first-order chi connectivity index (χ1) is 14.0. The number of carbonyl (C=O) groups excluding carboxylic acids is 1. The lowest BCUT2D eigenvalue weighted by molar-refractivity contribution is -0.137. The van der Waals surface area contributed by atoms with Gasteiger partial charge in [0.2, 0.25) is 10.0 Å². The fourth-order valence-corrected chi connectivity index (χ4v) is 3.96. The molecular weight excluding hydrogens is 421 g/mol. The van der Waals surface area contributed by atoms with E-state index in [1.807, 2.05) is 0 Å². The van der Waals surface area contributed by atoms with Gasteiger partial charge in [0.05, 0.1) is 11.3 Å². The molecule has 0 aromatic heterocycles. The molecule has 3 N–H and O–H groups in total. The van der Waals surface area contributed by atoms with Gasteiger partial charge in [0.1, 0.15) is 0 Å². The molecule has 1 atom stereocenters. The van der Waals surface area contributed by atoms with Crippen molar-refractivity contribution >= 4 is 32.4 Å². The third-order valence-corrected chi connectivity index (χ3v) is 6.25. The number of nitrogens with one attached hydrogen (secondary N) is 2. The molecule has 3 rings (SSSR count). The van der Waals surface area contributed by atoms with Crippen molar-refractivity contribution in [3.05, 3.63) is 66.2 Å². The van der Waals surface area contributed by atoms with Crippen molar-refractivity contribution in [1.82, 2.24) is 5.48 Å². The highest BCUT2D eigenvalue weighted by atomic mass is 32.2. The molecule has 0 aliphatic rings. The first kappa shape index (κ1) is 21.6. The van der Waals surface area contributed by atoms with Crippen LogP contribution in [-0.2, 0) is 21.0 Å². The van der Waals surface area contributed by atoms with Gasteiger partial charge in [-0.15, -0.1) is 0 Å². The highest BCUT2D eigenvalue weighted by molar-refractivity contribution is 7.94. The van der Waals surface area contributed by atoms with Gasteiger partial charge in [-0.25, -0.2) is 13.9 Å². The number of rotatable bonds is 5. The Morgan fingerprint density at radius 1 is 1.03 bits per heavy atom. The highest BCUT2D eigenvalue weighted by Gasteiger charge is 2.32. The molecule has 10 heteroatoms. The van der Waals surface area contributed by atoms with Gasteiger partial charge in [-0.1, -0.05) is 48.5 Å². The second kappa shape index (κ2) is 7.96. The zero-order valence-electron chi connectivity index (χ0n) is 15.6. The second-order valence-electron chi connectivity index (χ2n) is 6.55. The molecule has 0 bridgehead atoms. The minimum absolute atomic E-state index is 0.0324. The van der Waals surface area contributed by atoms with Crippen LogP contribution in [0.2, 0.25) is 0 Å². The standard InChI is InChI=1S/C20H17F3N2O4S/c1-12(19(26)24-27)30(28,29)25-18-16-8-3-2-5-13(16)9-10-17(18)14-6-4-7-15(11-14)20(21,22)23/h2-12,25,27H,1H3,(H,24,26)/t12-/m0/s1. The Balaban J connectivity index is 2.21. The molecule has 1 amide bonds. The Kier molecular flexibility index (Phi) is 5.73. The number of carbonyl (C=O) groups is 1. The van der Waals surface area contributed by atoms with Crippen molar-refractivity contribution in [3.63, 3.8) is 0 Å². The van der Waals surface area contributed by atoms with Crippen LogP contribution in [0.4, 0.5) is 18.9 Å². The lowest BCUT2D eigenvalue weighted by Crippen LogP contribution is -2.39. The molecule has 0 aliphatic heterocycles. The molecule has 0 fully saturated rings. The molecule has 158 valence electrons. The zero-order chi connectivity index (χ0) is 22.1. The van der Waals surface area contributed by atoms with Crippen LogP contribution in [0.3, 0.4) is 0 Å². The van der Waals surface area contributed by atoms with Gasteiger partial charge >= 0.3 is 6.18 Å². The zero-order valence-corrected chi connectivity index (χ0v) is 16.4. The average molecular weight is 438 g/mol. The average Bonchev–Trinajstić information content (AvgIpc) is 2.72. The Bertz CT molecular complexity index is 1210. The van der Waals surface area contributed by atoms with Gasteiger partial charge in [-0.05, 0) is 30.0 Å². The number of anilines is 1. The molecule has 0 saturated carbocycles. The second-order valence-corrected chi connectivity index (χ2v) is 8.55. The van der Waals surface area contributed by atoms with Crippen molar-refractivity contribution in [2.45, 2.75) is 18.3 Å². The van der Waals surface area contributed by atoms with Gasteiger partial charge in [-0.2, -0.15) is 13.2 Å². The molecule has 3 aromatic carbocycles. The van der Waals surface area contributed by atoms with Crippen molar-refractivity contribution in [2.75, 3.05) is 4.72 Å². The van der Waals surface area contributed by atoms with E-state index in [-0.39, 0.29) is 16.8 Å². The Labute approximate surface area is 170 Å². The minimum Gasteiger partial charge on any atom is -0.289 e. The monoisotopic (exact) mass is 438 g/mol. The number of fused-ring (bicyclic) bond motifs is 1. The summed E-state index contributed by atoms with van der Waals surface area (Å²) < 4.78 is 67.2. The Morgan fingerprint density at radius 2 is 1.73 bits per heavy atom. The van der Waals surface area contributed by atoms with Crippen molar-refractivity contribution in [1.29, 1.82) is 0 Å². The maximum absolute atomic E-state index is 13.2.